The minimum atomic E-state index is -0.503. The van der Waals surface area contributed by atoms with Crippen LogP contribution in [0.3, 0.4) is 0 Å². The van der Waals surface area contributed by atoms with Crippen LogP contribution in [-0.4, -0.2) is 31.1 Å². The third-order valence-corrected chi connectivity index (χ3v) is 2.80. The van der Waals surface area contributed by atoms with Gasteiger partial charge in [0, 0.05) is 18.5 Å². The van der Waals surface area contributed by atoms with Gasteiger partial charge in [0.05, 0.1) is 31.0 Å². The molecule has 0 aliphatic heterocycles. The molecule has 0 radical (unpaired) electrons. The van der Waals surface area contributed by atoms with E-state index in [2.05, 4.69) is 10.3 Å². The van der Waals surface area contributed by atoms with Gasteiger partial charge in [0.1, 0.15) is 5.75 Å². The Balaban J connectivity index is 2.81. The molecule has 0 saturated carbocycles. The van der Waals surface area contributed by atoms with Crippen molar-refractivity contribution in [1.29, 1.82) is 0 Å². The number of esters is 1. The number of methoxy groups -OCH3 is 2. The second-order valence-corrected chi connectivity index (χ2v) is 4.07. The molecule has 0 saturated heterocycles. The minimum Gasteiger partial charge on any atom is -0.495 e. The van der Waals surface area contributed by atoms with Gasteiger partial charge in [-0.15, -0.1) is 0 Å². The molecular weight excluding hydrogens is 260 g/mol. The molecule has 1 amide bonds. The fraction of sp³-hybridized carbons (Fsp3) is 0.214. The van der Waals surface area contributed by atoms with Crippen molar-refractivity contribution in [3.63, 3.8) is 0 Å². The maximum Gasteiger partial charge on any atom is 0.338 e. The van der Waals surface area contributed by atoms with Gasteiger partial charge in [0.25, 0.3) is 0 Å². The fourth-order valence-electron chi connectivity index (χ4n) is 1.98. The largest absolute Gasteiger partial charge is 0.495 e. The molecule has 0 fully saturated rings. The Morgan fingerprint density at radius 1 is 1.20 bits per heavy atom. The number of ether oxygens (including phenoxy) is 2. The number of anilines is 1. The topological polar surface area (TPSA) is 77.5 Å². The van der Waals surface area contributed by atoms with Crippen LogP contribution in [0.1, 0.15) is 17.3 Å². The summed E-state index contributed by atoms with van der Waals surface area (Å²) in [5.74, 6) is -0.321. The van der Waals surface area contributed by atoms with Crippen LogP contribution in [0.5, 0.6) is 5.75 Å². The average Bonchev–Trinajstić information content (AvgIpc) is 2.45. The smallest absolute Gasteiger partial charge is 0.338 e. The molecule has 1 N–H and O–H groups in total. The van der Waals surface area contributed by atoms with E-state index in [1.807, 2.05) is 0 Å². The van der Waals surface area contributed by atoms with Gasteiger partial charge in [0.2, 0.25) is 5.91 Å². The lowest BCUT2D eigenvalue weighted by Gasteiger charge is -2.14. The highest BCUT2D eigenvalue weighted by Gasteiger charge is 2.18. The number of nitrogens with zero attached hydrogens (tertiary/aromatic N) is 1. The third-order valence-electron chi connectivity index (χ3n) is 2.80. The van der Waals surface area contributed by atoms with Crippen LogP contribution >= 0.6 is 0 Å². The summed E-state index contributed by atoms with van der Waals surface area (Å²) in [6.07, 6.45) is 1.51. The van der Waals surface area contributed by atoms with Crippen molar-refractivity contribution in [2.24, 2.45) is 0 Å². The van der Waals surface area contributed by atoms with E-state index in [0.29, 0.717) is 27.9 Å². The molecule has 1 aromatic carbocycles. The number of hydrogen-bond donors (Lipinski definition) is 1. The van der Waals surface area contributed by atoms with E-state index in [1.54, 1.807) is 18.2 Å². The fourth-order valence-corrected chi connectivity index (χ4v) is 1.98. The highest BCUT2D eigenvalue weighted by Crippen LogP contribution is 2.34. The quantitative estimate of drug-likeness (QED) is 0.866. The Morgan fingerprint density at radius 2 is 1.95 bits per heavy atom. The van der Waals surface area contributed by atoms with Gasteiger partial charge < -0.3 is 14.8 Å². The molecule has 1 heterocycles. The summed E-state index contributed by atoms with van der Waals surface area (Å²) < 4.78 is 9.99. The SMILES string of the molecule is COC(=O)c1ccnc2ccc(OC)c(NC(C)=O)c12. The number of carbonyl (C=O) groups excluding carboxylic acids is 2. The lowest BCUT2D eigenvalue weighted by molar-refractivity contribution is -0.114. The zero-order valence-electron chi connectivity index (χ0n) is 11.4. The van der Waals surface area contributed by atoms with Crippen LogP contribution in [0.25, 0.3) is 10.9 Å². The summed E-state index contributed by atoms with van der Waals surface area (Å²) in [5.41, 5.74) is 1.30. The lowest BCUT2D eigenvalue weighted by atomic mass is 10.1. The Kier molecular flexibility index (Phi) is 3.84. The van der Waals surface area contributed by atoms with Crippen molar-refractivity contribution in [3.05, 3.63) is 30.0 Å². The minimum absolute atomic E-state index is 0.268. The monoisotopic (exact) mass is 274 g/mol. The number of aromatic nitrogens is 1. The number of carbonyl (C=O) groups is 2. The molecular formula is C14H14N2O4. The molecule has 104 valence electrons. The molecule has 0 atom stereocenters. The first-order chi connectivity index (χ1) is 9.58. The van der Waals surface area contributed by atoms with E-state index in [-0.39, 0.29) is 5.91 Å². The van der Waals surface area contributed by atoms with Gasteiger partial charge in [-0.05, 0) is 18.2 Å². The Labute approximate surface area is 115 Å². The van der Waals surface area contributed by atoms with Gasteiger partial charge in [-0.3, -0.25) is 9.78 Å². The van der Waals surface area contributed by atoms with Crippen LogP contribution < -0.4 is 10.1 Å². The van der Waals surface area contributed by atoms with Crippen molar-refractivity contribution in [2.75, 3.05) is 19.5 Å². The molecule has 20 heavy (non-hydrogen) atoms. The van der Waals surface area contributed by atoms with Crippen LogP contribution in [0.4, 0.5) is 5.69 Å². The number of benzene rings is 1. The van der Waals surface area contributed by atoms with Gasteiger partial charge >= 0.3 is 5.97 Å². The number of hydrogen-bond acceptors (Lipinski definition) is 5. The predicted molar refractivity (Wildman–Crippen MR) is 73.9 cm³/mol. The summed E-state index contributed by atoms with van der Waals surface area (Å²) in [6, 6.07) is 4.94. The first-order valence-electron chi connectivity index (χ1n) is 5.90. The van der Waals surface area contributed by atoms with Gasteiger partial charge in [0.15, 0.2) is 0 Å². The number of amides is 1. The summed E-state index contributed by atoms with van der Waals surface area (Å²) in [5, 5.41) is 3.17. The van der Waals surface area contributed by atoms with E-state index in [4.69, 9.17) is 9.47 Å². The molecule has 0 aliphatic rings. The third kappa shape index (κ3) is 2.40. The summed E-state index contributed by atoms with van der Waals surface area (Å²) >= 11 is 0. The second kappa shape index (κ2) is 5.56. The van der Waals surface area contributed by atoms with Crippen LogP contribution in [0.15, 0.2) is 24.4 Å². The summed E-state index contributed by atoms with van der Waals surface area (Å²) in [7, 11) is 2.79. The maximum absolute atomic E-state index is 11.9. The summed E-state index contributed by atoms with van der Waals surface area (Å²) in [4.78, 5) is 27.4. The highest BCUT2D eigenvalue weighted by atomic mass is 16.5. The number of nitrogens with one attached hydrogen (secondary N) is 1. The highest BCUT2D eigenvalue weighted by molar-refractivity contribution is 6.12. The average molecular weight is 274 g/mol. The molecule has 2 rings (SSSR count). The van der Waals surface area contributed by atoms with Crippen molar-refractivity contribution < 1.29 is 19.1 Å². The number of fused-ring (bicyclic) bond motifs is 1. The van der Waals surface area contributed by atoms with Crippen molar-refractivity contribution in [3.8, 4) is 5.75 Å². The first-order valence-corrected chi connectivity index (χ1v) is 5.90. The number of pyridine rings is 1. The number of rotatable bonds is 3. The standard InChI is InChI=1S/C14H14N2O4/c1-8(17)16-13-11(19-2)5-4-10-12(13)9(6-7-15-10)14(18)20-3/h4-7H,1-3H3,(H,16,17). The van der Waals surface area contributed by atoms with Crippen molar-refractivity contribution >= 4 is 28.5 Å². The summed E-state index contributed by atoms with van der Waals surface area (Å²) in [6.45, 7) is 1.38. The lowest BCUT2D eigenvalue weighted by Crippen LogP contribution is -2.10. The molecule has 2 aromatic rings. The van der Waals surface area contributed by atoms with Crippen molar-refractivity contribution in [1.82, 2.24) is 4.98 Å². The van der Waals surface area contributed by atoms with E-state index in [0.717, 1.165) is 0 Å². The van der Waals surface area contributed by atoms with Crippen LogP contribution in [0, 0.1) is 0 Å². The van der Waals surface area contributed by atoms with Crippen molar-refractivity contribution in [2.45, 2.75) is 6.92 Å². The zero-order chi connectivity index (χ0) is 14.7. The van der Waals surface area contributed by atoms with E-state index < -0.39 is 5.97 Å². The second-order valence-electron chi connectivity index (χ2n) is 4.07. The Morgan fingerprint density at radius 3 is 2.55 bits per heavy atom. The van der Waals surface area contributed by atoms with E-state index >= 15 is 0 Å². The first kappa shape index (κ1) is 13.8. The van der Waals surface area contributed by atoms with Crippen LogP contribution in [-0.2, 0) is 9.53 Å². The maximum atomic E-state index is 11.9. The zero-order valence-corrected chi connectivity index (χ0v) is 11.4. The molecule has 0 aliphatic carbocycles. The van der Waals surface area contributed by atoms with E-state index in [1.165, 1.54) is 27.3 Å². The molecule has 0 unspecified atom stereocenters. The van der Waals surface area contributed by atoms with Crippen LogP contribution in [0.2, 0.25) is 0 Å². The molecule has 6 heteroatoms. The predicted octanol–water partition coefficient (Wildman–Crippen LogP) is 1.99. The molecule has 0 spiro atoms. The molecule has 1 aromatic heterocycles. The van der Waals surface area contributed by atoms with E-state index in [9.17, 15) is 9.59 Å². The normalized spacial score (nSPS) is 10.2. The molecule has 0 bridgehead atoms. The van der Waals surface area contributed by atoms with Gasteiger partial charge in [-0.25, -0.2) is 4.79 Å². The Hall–Kier alpha value is -2.63. The van der Waals surface area contributed by atoms with Gasteiger partial charge in [-0.1, -0.05) is 0 Å². The Bertz CT molecular complexity index is 682. The van der Waals surface area contributed by atoms with Gasteiger partial charge in [-0.2, -0.15) is 0 Å². The molecule has 6 nitrogen and oxygen atoms in total.